The van der Waals surface area contributed by atoms with Gasteiger partial charge in [0.1, 0.15) is 0 Å². The molecule has 0 saturated heterocycles. The van der Waals surface area contributed by atoms with Crippen molar-refractivity contribution in [1.82, 2.24) is 14.1 Å². The third kappa shape index (κ3) is 2.13. The van der Waals surface area contributed by atoms with Gasteiger partial charge in [0, 0.05) is 0 Å². The smallest absolute Gasteiger partial charge is 0.273 e. The average molecular weight is 259 g/mol. The van der Waals surface area contributed by atoms with Crippen molar-refractivity contribution in [2.45, 2.75) is 25.3 Å². The average Bonchev–Trinajstić information content (AvgIpc) is 2.93. The maximum Gasteiger partial charge on any atom is 0.273 e. The first-order valence-electron chi connectivity index (χ1n) is 6.01. The predicted molar refractivity (Wildman–Crippen MR) is 69.5 cm³/mol. The van der Waals surface area contributed by atoms with Crippen LogP contribution in [0, 0.1) is 0 Å². The fraction of sp³-hybridized carbons (Fsp3) is 0.308. The Morgan fingerprint density at radius 3 is 3.11 bits per heavy atom. The van der Waals surface area contributed by atoms with E-state index in [0.29, 0.717) is 5.69 Å². The number of aryl methyl sites for hydroxylation is 1. The maximum atomic E-state index is 12.0. The minimum absolute atomic E-state index is 0.101. The highest BCUT2D eigenvalue weighted by Crippen LogP contribution is 2.29. The van der Waals surface area contributed by atoms with Gasteiger partial charge in [-0.05, 0) is 30.4 Å². The third-order valence-electron chi connectivity index (χ3n) is 3.27. The van der Waals surface area contributed by atoms with Crippen molar-refractivity contribution in [2.75, 3.05) is 0 Å². The second kappa shape index (κ2) is 4.86. The number of nitrogens with zero attached hydrogens (tertiary/aromatic N) is 2. The Hall–Kier alpha value is -1.75. The zero-order chi connectivity index (χ0) is 12.4. The number of benzene rings is 1. The summed E-state index contributed by atoms with van der Waals surface area (Å²) >= 11 is 1.05. The van der Waals surface area contributed by atoms with E-state index in [1.54, 1.807) is 0 Å². The van der Waals surface area contributed by atoms with Crippen LogP contribution in [-0.4, -0.2) is 14.7 Å². The van der Waals surface area contributed by atoms with Crippen LogP contribution in [0.1, 0.15) is 40.5 Å². The van der Waals surface area contributed by atoms with Crippen LogP contribution in [0.5, 0.6) is 0 Å². The molecule has 18 heavy (non-hydrogen) atoms. The molecule has 0 fully saturated rings. The highest BCUT2D eigenvalue weighted by atomic mass is 32.1. The van der Waals surface area contributed by atoms with Gasteiger partial charge in [-0.15, -0.1) is 0 Å². The van der Waals surface area contributed by atoms with Crippen LogP contribution in [0.2, 0.25) is 0 Å². The van der Waals surface area contributed by atoms with Gasteiger partial charge >= 0.3 is 0 Å². The Bertz CT molecular complexity index is 553. The van der Waals surface area contributed by atoms with Crippen molar-refractivity contribution in [1.29, 1.82) is 0 Å². The number of nitrogens with one attached hydrogen (secondary N) is 1. The molecule has 1 amide bonds. The minimum atomic E-state index is -0.134. The Morgan fingerprint density at radius 2 is 2.28 bits per heavy atom. The topological polar surface area (TPSA) is 54.9 Å². The summed E-state index contributed by atoms with van der Waals surface area (Å²) in [6, 6.07) is 8.40. The molecule has 4 nitrogen and oxygen atoms in total. The van der Waals surface area contributed by atoms with E-state index in [-0.39, 0.29) is 11.9 Å². The van der Waals surface area contributed by atoms with E-state index in [1.165, 1.54) is 17.3 Å². The summed E-state index contributed by atoms with van der Waals surface area (Å²) in [5.74, 6) is -0.134. The number of amides is 1. The number of hydrogen-bond donors (Lipinski definition) is 1. The Balaban J connectivity index is 1.80. The number of carbonyl (C=O) groups excluding carboxylic acids is 1. The molecule has 1 aromatic carbocycles. The fourth-order valence-corrected chi connectivity index (χ4v) is 2.81. The van der Waals surface area contributed by atoms with Gasteiger partial charge in [0.25, 0.3) is 5.91 Å². The fourth-order valence-electron chi connectivity index (χ4n) is 2.40. The lowest BCUT2D eigenvalue weighted by molar-refractivity contribution is 0.0928. The molecule has 0 aliphatic heterocycles. The number of hydrogen-bond acceptors (Lipinski definition) is 4. The molecule has 1 aromatic heterocycles. The summed E-state index contributed by atoms with van der Waals surface area (Å²) in [7, 11) is 0. The van der Waals surface area contributed by atoms with Gasteiger partial charge in [-0.1, -0.05) is 24.3 Å². The number of rotatable bonds is 2. The standard InChI is InChI=1S/C13H13N3OS/c17-13(12-8-14-18-16-12)15-11-7-3-5-9-4-1-2-6-10(9)11/h1-2,4,6,8,11H,3,5,7H2,(H,15,17)/t11-/m0/s1. The zero-order valence-electron chi connectivity index (χ0n) is 9.80. The van der Waals surface area contributed by atoms with Crippen molar-refractivity contribution in [3.8, 4) is 0 Å². The van der Waals surface area contributed by atoms with Gasteiger partial charge in [-0.2, -0.15) is 8.75 Å². The summed E-state index contributed by atoms with van der Waals surface area (Å²) < 4.78 is 7.81. The highest BCUT2D eigenvalue weighted by Gasteiger charge is 2.22. The first-order valence-corrected chi connectivity index (χ1v) is 6.74. The van der Waals surface area contributed by atoms with E-state index in [4.69, 9.17) is 0 Å². The molecular formula is C13H13N3OS. The molecule has 92 valence electrons. The molecule has 1 heterocycles. The monoisotopic (exact) mass is 259 g/mol. The first-order chi connectivity index (χ1) is 8.84. The molecule has 0 unspecified atom stereocenters. The van der Waals surface area contributed by atoms with E-state index in [2.05, 4.69) is 26.2 Å². The van der Waals surface area contributed by atoms with Gasteiger partial charge in [0.15, 0.2) is 5.69 Å². The highest BCUT2D eigenvalue weighted by molar-refractivity contribution is 6.99. The molecule has 1 aliphatic rings. The van der Waals surface area contributed by atoms with Crippen LogP contribution < -0.4 is 5.32 Å². The van der Waals surface area contributed by atoms with Gasteiger partial charge in [0.05, 0.1) is 24.0 Å². The molecule has 0 saturated carbocycles. The quantitative estimate of drug-likeness (QED) is 0.900. The molecule has 0 radical (unpaired) electrons. The van der Waals surface area contributed by atoms with Crippen molar-refractivity contribution >= 4 is 17.6 Å². The van der Waals surface area contributed by atoms with Gasteiger partial charge in [-0.3, -0.25) is 4.79 Å². The van der Waals surface area contributed by atoms with Crippen LogP contribution in [0.15, 0.2) is 30.5 Å². The van der Waals surface area contributed by atoms with Crippen molar-refractivity contribution in [2.24, 2.45) is 0 Å². The molecule has 1 aliphatic carbocycles. The van der Waals surface area contributed by atoms with E-state index in [1.807, 2.05) is 12.1 Å². The normalized spacial score (nSPS) is 18.1. The molecule has 5 heteroatoms. The van der Waals surface area contributed by atoms with Crippen molar-refractivity contribution in [3.63, 3.8) is 0 Å². The number of fused-ring (bicyclic) bond motifs is 1. The van der Waals surface area contributed by atoms with Crippen LogP contribution in [0.3, 0.4) is 0 Å². The third-order valence-corrected chi connectivity index (χ3v) is 3.75. The summed E-state index contributed by atoms with van der Waals surface area (Å²) in [6.45, 7) is 0. The maximum absolute atomic E-state index is 12.0. The summed E-state index contributed by atoms with van der Waals surface area (Å²) in [5, 5.41) is 3.04. The second-order valence-corrected chi connectivity index (χ2v) is 4.97. The predicted octanol–water partition coefficient (Wildman–Crippen LogP) is 2.35. The van der Waals surface area contributed by atoms with E-state index in [9.17, 15) is 4.79 Å². The molecule has 0 bridgehead atoms. The van der Waals surface area contributed by atoms with Crippen LogP contribution in [-0.2, 0) is 6.42 Å². The molecule has 2 aromatic rings. The van der Waals surface area contributed by atoms with E-state index >= 15 is 0 Å². The second-order valence-electron chi connectivity index (χ2n) is 4.41. The SMILES string of the molecule is O=C(N[C@H]1CCCc2ccccc21)c1cnsn1. The van der Waals surface area contributed by atoms with Crippen LogP contribution in [0.4, 0.5) is 0 Å². The Kier molecular flexibility index (Phi) is 3.06. The molecule has 0 spiro atoms. The van der Waals surface area contributed by atoms with Crippen LogP contribution in [0.25, 0.3) is 0 Å². The zero-order valence-corrected chi connectivity index (χ0v) is 10.6. The largest absolute Gasteiger partial charge is 0.344 e. The molecule has 3 rings (SSSR count). The summed E-state index contributed by atoms with van der Waals surface area (Å²) in [4.78, 5) is 12.0. The van der Waals surface area contributed by atoms with Gasteiger partial charge in [0.2, 0.25) is 0 Å². The van der Waals surface area contributed by atoms with Gasteiger partial charge in [-0.25, -0.2) is 0 Å². The summed E-state index contributed by atoms with van der Waals surface area (Å²) in [5.41, 5.74) is 2.98. The lowest BCUT2D eigenvalue weighted by atomic mass is 9.88. The lowest BCUT2D eigenvalue weighted by Crippen LogP contribution is -2.31. The summed E-state index contributed by atoms with van der Waals surface area (Å²) in [6.07, 6.45) is 4.70. The van der Waals surface area contributed by atoms with E-state index in [0.717, 1.165) is 31.0 Å². The minimum Gasteiger partial charge on any atom is -0.344 e. The number of carbonyl (C=O) groups is 1. The van der Waals surface area contributed by atoms with Crippen molar-refractivity contribution in [3.05, 3.63) is 47.3 Å². The van der Waals surface area contributed by atoms with Gasteiger partial charge < -0.3 is 5.32 Å². The Labute approximate surface area is 109 Å². The molecule has 1 atom stereocenters. The van der Waals surface area contributed by atoms with E-state index < -0.39 is 0 Å². The lowest BCUT2D eigenvalue weighted by Gasteiger charge is -2.25. The molecule has 1 N–H and O–H groups in total. The Morgan fingerprint density at radius 1 is 1.39 bits per heavy atom. The number of aromatic nitrogens is 2. The van der Waals surface area contributed by atoms with Crippen molar-refractivity contribution < 1.29 is 4.79 Å². The van der Waals surface area contributed by atoms with Crippen LogP contribution >= 0.6 is 11.7 Å². The molecular weight excluding hydrogens is 246 g/mol. The first kappa shape index (κ1) is 11.3.